The van der Waals surface area contributed by atoms with Crippen molar-refractivity contribution >= 4 is 21.6 Å². The standard InChI is InChI=1S/C21H26ClNO3S/c1-16-7-8-17(2)20(11-16)27(25,26)23-10-4-9-21(14-23,15-24)13-18-5-3-6-19(22)12-18/h3,5-8,11-12,24H,4,9-10,13-15H2,1-2H3/t21-/m0/s1. The highest BCUT2D eigenvalue weighted by atomic mass is 35.5. The van der Waals surface area contributed by atoms with Gasteiger partial charge in [0.15, 0.2) is 0 Å². The Kier molecular flexibility index (Phi) is 5.96. The monoisotopic (exact) mass is 407 g/mol. The van der Waals surface area contributed by atoms with Crippen LogP contribution in [0.15, 0.2) is 47.4 Å². The molecule has 2 aromatic carbocycles. The first-order chi connectivity index (χ1) is 12.8. The number of aliphatic hydroxyl groups excluding tert-OH is 1. The average molecular weight is 408 g/mol. The van der Waals surface area contributed by atoms with Crippen LogP contribution in [0, 0.1) is 19.3 Å². The quantitative estimate of drug-likeness (QED) is 0.816. The molecule has 1 saturated heterocycles. The highest BCUT2D eigenvalue weighted by Crippen LogP contribution is 2.36. The van der Waals surface area contributed by atoms with Crippen LogP contribution in [0.25, 0.3) is 0 Å². The smallest absolute Gasteiger partial charge is 0.243 e. The lowest BCUT2D eigenvalue weighted by Crippen LogP contribution is -2.49. The van der Waals surface area contributed by atoms with Gasteiger partial charge in [-0.2, -0.15) is 4.31 Å². The number of nitrogens with zero attached hydrogens (tertiary/aromatic N) is 1. The summed E-state index contributed by atoms with van der Waals surface area (Å²) < 4.78 is 28.1. The molecule has 4 nitrogen and oxygen atoms in total. The predicted octanol–water partition coefficient (Wildman–Crippen LogP) is 3.96. The number of halogens is 1. The van der Waals surface area contributed by atoms with Gasteiger partial charge in [0.05, 0.1) is 11.5 Å². The minimum Gasteiger partial charge on any atom is -0.396 e. The molecule has 0 bridgehead atoms. The summed E-state index contributed by atoms with van der Waals surface area (Å²) in [5.41, 5.74) is 2.19. The Labute approximate surface area is 166 Å². The Morgan fingerprint density at radius 2 is 1.96 bits per heavy atom. The van der Waals surface area contributed by atoms with E-state index in [1.165, 1.54) is 0 Å². The maximum atomic E-state index is 13.3. The van der Waals surface area contributed by atoms with Gasteiger partial charge in [-0.3, -0.25) is 0 Å². The zero-order valence-electron chi connectivity index (χ0n) is 15.8. The van der Waals surface area contributed by atoms with Crippen LogP contribution in [0.5, 0.6) is 0 Å². The molecular weight excluding hydrogens is 382 g/mol. The van der Waals surface area contributed by atoms with E-state index in [1.807, 2.05) is 50.2 Å². The van der Waals surface area contributed by atoms with Crippen molar-refractivity contribution in [1.29, 1.82) is 0 Å². The molecule has 6 heteroatoms. The second-order valence-electron chi connectivity index (χ2n) is 7.68. The van der Waals surface area contributed by atoms with E-state index in [0.29, 0.717) is 29.4 Å². The Morgan fingerprint density at radius 3 is 2.67 bits per heavy atom. The number of benzene rings is 2. The number of sulfonamides is 1. The zero-order valence-corrected chi connectivity index (χ0v) is 17.4. The fourth-order valence-corrected chi connectivity index (χ4v) is 6.02. The summed E-state index contributed by atoms with van der Waals surface area (Å²) in [6.45, 7) is 4.45. The molecule has 1 N–H and O–H groups in total. The Balaban J connectivity index is 1.90. The second-order valence-corrected chi connectivity index (χ2v) is 10.0. The fraction of sp³-hybridized carbons (Fsp3) is 0.429. The summed E-state index contributed by atoms with van der Waals surface area (Å²) in [7, 11) is -3.60. The molecule has 27 heavy (non-hydrogen) atoms. The largest absolute Gasteiger partial charge is 0.396 e. The molecule has 0 saturated carbocycles. The van der Waals surface area contributed by atoms with Crippen LogP contribution in [0.4, 0.5) is 0 Å². The molecular formula is C21H26ClNO3S. The van der Waals surface area contributed by atoms with Crippen molar-refractivity contribution in [3.05, 3.63) is 64.2 Å². The molecule has 1 aliphatic heterocycles. The Hall–Kier alpha value is -1.40. The van der Waals surface area contributed by atoms with Crippen LogP contribution in [0.2, 0.25) is 5.02 Å². The molecule has 146 valence electrons. The van der Waals surface area contributed by atoms with Crippen molar-refractivity contribution in [2.75, 3.05) is 19.7 Å². The van der Waals surface area contributed by atoms with E-state index in [9.17, 15) is 13.5 Å². The summed E-state index contributed by atoms with van der Waals surface area (Å²) in [6, 6.07) is 13.1. The Morgan fingerprint density at radius 1 is 1.19 bits per heavy atom. The van der Waals surface area contributed by atoms with E-state index in [-0.39, 0.29) is 6.61 Å². The van der Waals surface area contributed by atoms with Crippen LogP contribution in [-0.4, -0.2) is 37.5 Å². The van der Waals surface area contributed by atoms with Gasteiger partial charge in [0.1, 0.15) is 0 Å². The number of piperidine rings is 1. The van der Waals surface area contributed by atoms with Gasteiger partial charge in [0.25, 0.3) is 0 Å². The first-order valence-corrected chi connectivity index (χ1v) is 11.0. The van der Waals surface area contributed by atoms with Crippen LogP contribution in [0.1, 0.15) is 29.5 Å². The number of aliphatic hydroxyl groups is 1. The molecule has 0 amide bonds. The lowest BCUT2D eigenvalue weighted by molar-refractivity contribution is 0.0645. The van der Waals surface area contributed by atoms with Crippen LogP contribution < -0.4 is 0 Å². The first-order valence-electron chi connectivity index (χ1n) is 9.18. The van der Waals surface area contributed by atoms with Crippen LogP contribution in [0.3, 0.4) is 0 Å². The van der Waals surface area contributed by atoms with E-state index in [0.717, 1.165) is 29.5 Å². The third-order valence-electron chi connectivity index (χ3n) is 5.39. The summed E-state index contributed by atoms with van der Waals surface area (Å²) in [5, 5.41) is 10.8. The molecule has 0 spiro atoms. The topological polar surface area (TPSA) is 57.6 Å². The lowest BCUT2D eigenvalue weighted by atomic mass is 9.76. The molecule has 1 fully saturated rings. The second kappa shape index (κ2) is 7.92. The van der Waals surface area contributed by atoms with Crippen molar-refractivity contribution in [3.63, 3.8) is 0 Å². The molecule has 2 aromatic rings. The van der Waals surface area contributed by atoms with Crippen LogP contribution >= 0.6 is 11.6 Å². The van der Waals surface area contributed by atoms with Gasteiger partial charge in [-0.15, -0.1) is 0 Å². The third-order valence-corrected chi connectivity index (χ3v) is 7.61. The van der Waals surface area contributed by atoms with Gasteiger partial charge in [0, 0.05) is 23.5 Å². The zero-order chi connectivity index (χ0) is 19.7. The van der Waals surface area contributed by atoms with Crippen molar-refractivity contribution in [3.8, 4) is 0 Å². The van der Waals surface area contributed by atoms with Gasteiger partial charge < -0.3 is 5.11 Å². The highest BCUT2D eigenvalue weighted by molar-refractivity contribution is 7.89. The number of hydrogen-bond donors (Lipinski definition) is 1. The average Bonchev–Trinajstić information content (AvgIpc) is 2.64. The van der Waals surface area contributed by atoms with Gasteiger partial charge >= 0.3 is 0 Å². The minimum absolute atomic E-state index is 0.0572. The van der Waals surface area contributed by atoms with Crippen molar-refractivity contribution in [2.24, 2.45) is 5.41 Å². The maximum Gasteiger partial charge on any atom is 0.243 e. The van der Waals surface area contributed by atoms with E-state index in [2.05, 4.69) is 0 Å². The van der Waals surface area contributed by atoms with E-state index >= 15 is 0 Å². The lowest BCUT2D eigenvalue weighted by Gasteiger charge is -2.41. The van der Waals surface area contributed by atoms with Crippen LogP contribution in [-0.2, 0) is 16.4 Å². The summed E-state index contributed by atoms with van der Waals surface area (Å²) in [6.07, 6.45) is 2.11. The fourth-order valence-electron chi connectivity index (χ4n) is 3.90. The molecule has 0 radical (unpaired) electrons. The number of rotatable bonds is 5. The molecule has 1 aliphatic rings. The minimum atomic E-state index is -3.60. The van der Waals surface area contributed by atoms with E-state index in [4.69, 9.17) is 11.6 Å². The Bertz CT molecular complexity index is 929. The normalized spacial score (nSPS) is 21.3. The summed E-state index contributed by atoms with van der Waals surface area (Å²) in [4.78, 5) is 0.360. The SMILES string of the molecule is Cc1ccc(C)c(S(=O)(=O)N2CCC[C@](CO)(Cc3cccc(Cl)c3)C2)c1. The van der Waals surface area contributed by atoms with Gasteiger partial charge in [-0.05, 0) is 68.0 Å². The molecule has 1 heterocycles. The number of aryl methyl sites for hydroxylation is 2. The number of hydrogen-bond acceptors (Lipinski definition) is 3. The summed E-state index contributed by atoms with van der Waals surface area (Å²) in [5.74, 6) is 0. The molecule has 1 atom stereocenters. The third kappa shape index (κ3) is 4.37. The first kappa shape index (κ1) is 20.3. The van der Waals surface area contributed by atoms with E-state index in [1.54, 1.807) is 10.4 Å². The van der Waals surface area contributed by atoms with Gasteiger partial charge in [-0.1, -0.05) is 35.9 Å². The molecule has 0 unspecified atom stereocenters. The molecule has 0 aliphatic carbocycles. The van der Waals surface area contributed by atoms with Gasteiger partial charge in [0.2, 0.25) is 10.0 Å². The van der Waals surface area contributed by atoms with Crippen molar-refractivity contribution < 1.29 is 13.5 Å². The van der Waals surface area contributed by atoms with Gasteiger partial charge in [-0.25, -0.2) is 8.42 Å². The molecule has 3 rings (SSSR count). The maximum absolute atomic E-state index is 13.3. The summed E-state index contributed by atoms with van der Waals surface area (Å²) >= 11 is 6.10. The van der Waals surface area contributed by atoms with Crippen molar-refractivity contribution in [2.45, 2.75) is 38.0 Å². The highest BCUT2D eigenvalue weighted by Gasteiger charge is 2.40. The molecule has 0 aromatic heterocycles. The van der Waals surface area contributed by atoms with E-state index < -0.39 is 15.4 Å². The predicted molar refractivity (Wildman–Crippen MR) is 109 cm³/mol. The van der Waals surface area contributed by atoms with Crippen molar-refractivity contribution in [1.82, 2.24) is 4.31 Å².